The molecule has 124 valence electrons. The fourth-order valence-corrected chi connectivity index (χ4v) is 2.62. The summed E-state index contributed by atoms with van der Waals surface area (Å²) in [6, 6.07) is 9.97. The van der Waals surface area contributed by atoms with Crippen molar-refractivity contribution in [1.82, 2.24) is 19.7 Å². The van der Waals surface area contributed by atoms with Gasteiger partial charge in [0.1, 0.15) is 5.82 Å². The maximum absolute atomic E-state index is 4.48. The van der Waals surface area contributed by atoms with E-state index in [-0.39, 0.29) is 6.04 Å². The number of aromatic nitrogens is 4. The average molecular weight is 322 g/mol. The molecule has 0 aliphatic carbocycles. The largest absolute Gasteiger partial charge is 0.377 e. The maximum Gasteiger partial charge on any atom is 0.153 e. The Morgan fingerprint density at radius 1 is 1.08 bits per heavy atom. The summed E-state index contributed by atoms with van der Waals surface area (Å²) in [6.45, 7) is 4.18. The lowest BCUT2D eigenvalue weighted by Gasteiger charge is -2.16. The van der Waals surface area contributed by atoms with Crippen LogP contribution in [-0.4, -0.2) is 33.8 Å². The monoisotopic (exact) mass is 322 g/mol. The maximum atomic E-state index is 4.48. The first-order valence-electron chi connectivity index (χ1n) is 7.92. The van der Waals surface area contributed by atoms with Crippen LogP contribution in [0.4, 0.5) is 11.5 Å². The first kappa shape index (κ1) is 16.0. The van der Waals surface area contributed by atoms with E-state index in [1.54, 1.807) is 6.20 Å². The molecule has 0 saturated heterocycles. The fourth-order valence-electron chi connectivity index (χ4n) is 2.62. The first-order chi connectivity index (χ1) is 11.6. The Hall–Kier alpha value is -2.89. The van der Waals surface area contributed by atoms with Crippen LogP contribution in [0.5, 0.6) is 0 Å². The van der Waals surface area contributed by atoms with Crippen LogP contribution >= 0.6 is 0 Å². The van der Waals surface area contributed by atoms with Gasteiger partial charge < -0.3 is 10.2 Å². The number of pyridine rings is 2. The van der Waals surface area contributed by atoms with Crippen LogP contribution in [0.15, 0.2) is 48.9 Å². The zero-order valence-corrected chi connectivity index (χ0v) is 14.4. The van der Waals surface area contributed by atoms with E-state index >= 15 is 0 Å². The van der Waals surface area contributed by atoms with Crippen molar-refractivity contribution >= 4 is 11.5 Å². The van der Waals surface area contributed by atoms with Gasteiger partial charge in [0.25, 0.3) is 0 Å². The third kappa shape index (κ3) is 3.22. The van der Waals surface area contributed by atoms with Crippen molar-refractivity contribution in [3.8, 4) is 5.82 Å². The molecule has 1 N–H and O–H groups in total. The van der Waals surface area contributed by atoms with Gasteiger partial charge in [0, 0.05) is 31.5 Å². The van der Waals surface area contributed by atoms with Crippen LogP contribution in [0.3, 0.4) is 0 Å². The summed E-state index contributed by atoms with van der Waals surface area (Å²) in [5.74, 6) is 1.76. The normalized spacial score (nSPS) is 12.0. The Balaban J connectivity index is 1.78. The number of hydrogen-bond acceptors (Lipinski definition) is 5. The second-order valence-corrected chi connectivity index (χ2v) is 5.95. The lowest BCUT2D eigenvalue weighted by atomic mass is 10.1. The van der Waals surface area contributed by atoms with Crippen LogP contribution in [0, 0.1) is 6.92 Å². The van der Waals surface area contributed by atoms with Gasteiger partial charge in [-0.25, -0.2) is 14.6 Å². The van der Waals surface area contributed by atoms with Crippen molar-refractivity contribution < 1.29 is 0 Å². The Kier molecular flexibility index (Phi) is 4.46. The van der Waals surface area contributed by atoms with Gasteiger partial charge in [-0.3, -0.25) is 0 Å². The van der Waals surface area contributed by atoms with Gasteiger partial charge in [0.2, 0.25) is 0 Å². The summed E-state index contributed by atoms with van der Waals surface area (Å²) >= 11 is 0. The lowest BCUT2D eigenvalue weighted by molar-refractivity contribution is 0.806. The zero-order chi connectivity index (χ0) is 17.1. The molecule has 0 saturated carbocycles. The molecule has 0 bridgehead atoms. The highest BCUT2D eigenvalue weighted by atomic mass is 15.3. The van der Waals surface area contributed by atoms with Crippen molar-refractivity contribution in [2.45, 2.75) is 19.9 Å². The van der Waals surface area contributed by atoms with Gasteiger partial charge >= 0.3 is 0 Å². The molecular formula is C18H22N6. The van der Waals surface area contributed by atoms with Crippen LogP contribution in [0.25, 0.3) is 5.82 Å². The average Bonchev–Trinajstić information content (AvgIpc) is 2.98. The van der Waals surface area contributed by atoms with Crippen molar-refractivity contribution in [3.05, 3.63) is 60.2 Å². The molecule has 0 radical (unpaired) electrons. The SMILES string of the molecule is Cc1c([C@H](C)Nc2ccc(N(C)C)nc2)cnn1-c1ccccn1. The van der Waals surface area contributed by atoms with Gasteiger partial charge in [-0.05, 0) is 38.1 Å². The van der Waals surface area contributed by atoms with E-state index in [4.69, 9.17) is 0 Å². The molecular weight excluding hydrogens is 300 g/mol. The molecule has 0 aromatic carbocycles. The Bertz CT molecular complexity index is 792. The van der Waals surface area contributed by atoms with Gasteiger partial charge in [0.05, 0.1) is 24.1 Å². The second-order valence-electron chi connectivity index (χ2n) is 5.95. The molecule has 0 spiro atoms. The minimum absolute atomic E-state index is 0.120. The lowest BCUT2D eigenvalue weighted by Crippen LogP contribution is -2.12. The molecule has 3 rings (SSSR count). The third-order valence-electron chi connectivity index (χ3n) is 3.97. The minimum atomic E-state index is 0.120. The molecule has 3 heterocycles. The van der Waals surface area contributed by atoms with E-state index in [9.17, 15) is 0 Å². The second kappa shape index (κ2) is 6.70. The fraction of sp³-hybridized carbons (Fsp3) is 0.278. The smallest absolute Gasteiger partial charge is 0.153 e. The van der Waals surface area contributed by atoms with E-state index < -0.39 is 0 Å². The topological polar surface area (TPSA) is 58.9 Å². The Morgan fingerprint density at radius 3 is 2.54 bits per heavy atom. The molecule has 24 heavy (non-hydrogen) atoms. The van der Waals surface area contributed by atoms with Gasteiger partial charge in [-0.2, -0.15) is 5.10 Å². The molecule has 0 aliphatic heterocycles. The van der Waals surface area contributed by atoms with Crippen molar-refractivity contribution in [3.63, 3.8) is 0 Å². The van der Waals surface area contributed by atoms with E-state index in [0.29, 0.717) is 0 Å². The molecule has 0 unspecified atom stereocenters. The molecule has 0 aliphatic rings. The van der Waals surface area contributed by atoms with Crippen molar-refractivity contribution in [2.75, 3.05) is 24.3 Å². The molecule has 3 aromatic heterocycles. The number of hydrogen-bond donors (Lipinski definition) is 1. The predicted octanol–water partition coefficient (Wildman–Crippen LogP) is 3.21. The summed E-state index contributed by atoms with van der Waals surface area (Å²) in [5, 5.41) is 7.95. The number of anilines is 2. The molecule has 6 heteroatoms. The predicted molar refractivity (Wildman–Crippen MR) is 96.7 cm³/mol. The third-order valence-corrected chi connectivity index (χ3v) is 3.97. The van der Waals surface area contributed by atoms with Crippen molar-refractivity contribution in [1.29, 1.82) is 0 Å². The van der Waals surface area contributed by atoms with Gasteiger partial charge in [-0.15, -0.1) is 0 Å². The quantitative estimate of drug-likeness (QED) is 0.781. The van der Waals surface area contributed by atoms with Crippen LogP contribution in [0.1, 0.15) is 24.2 Å². The minimum Gasteiger partial charge on any atom is -0.377 e. The van der Waals surface area contributed by atoms with Gasteiger partial charge in [-0.1, -0.05) is 6.07 Å². The highest BCUT2D eigenvalue weighted by Crippen LogP contribution is 2.23. The Labute approximate surface area is 142 Å². The van der Waals surface area contributed by atoms with Crippen LogP contribution < -0.4 is 10.2 Å². The summed E-state index contributed by atoms with van der Waals surface area (Å²) in [5.41, 5.74) is 3.20. The van der Waals surface area contributed by atoms with Gasteiger partial charge in [0.15, 0.2) is 5.82 Å². The van der Waals surface area contributed by atoms with Crippen LogP contribution in [0.2, 0.25) is 0 Å². The molecule has 3 aromatic rings. The highest BCUT2D eigenvalue weighted by molar-refractivity contribution is 5.49. The standard InChI is InChI=1S/C18H22N6/c1-13(22-15-8-9-17(20-11-15)23(3)4)16-12-21-24(14(16)2)18-7-5-6-10-19-18/h5-13,22H,1-4H3/t13-/m0/s1. The van der Waals surface area contributed by atoms with E-state index in [0.717, 1.165) is 28.6 Å². The molecule has 0 amide bonds. The number of rotatable bonds is 5. The molecule has 1 atom stereocenters. The summed E-state index contributed by atoms with van der Waals surface area (Å²) < 4.78 is 1.86. The summed E-state index contributed by atoms with van der Waals surface area (Å²) in [7, 11) is 3.96. The highest BCUT2D eigenvalue weighted by Gasteiger charge is 2.15. The molecule has 6 nitrogen and oxygen atoms in total. The van der Waals surface area contributed by atoms with E-state index in [1.807, 2.05) is 66.4 Å². The van der Waals surface area contributed by atoms with Crippen LogP contribution in [-0.2, 0) is 0 Å². The molecule has 0 fully saturated rings. The number of nitrogens with one attached hydrogen (secondary N) is 1. The first-order valence-corrected chi connectivity index (χ1v) is 7.92. The summed E-state index contributed by atoms with van der Waals surface area (Å²) in [6.07, 6.45) is 5.52. The summed E-state index contributed by atoms with van der Waals surface area (Å²) in [4.78, 5) is 10.8. The zero-order valence-electron chi connectivity index (χ0n) is 14.4. The Morgan fingerprint density at radius 2 is 1.92 bits per heavy atom. The van der Waals surface area contributed by atoms with E-state index in [2.05, 4.69) is 34.2 Å². The van der Waals surface area contributed by atoms with E-state index in [1.165, 1.54) is 0 Å². The van der Waals surface area contributed by atoms with Crippen molar-refractivity contribution in [2.24, 2.45) is 0 Å². The number of nitrogens with zero attached hydrogens (tertiary/aromatic N) is 5.